The smallest absolute Gasteiger partial charge is 0.247 e. The number of aliphatic hydroxyl groups is 4. The molecule has 0 aliphatic carbocycles. The van der Waals surface area contributed by atoms with Gasteiger partial charge in [0, 0.05) is 56.3 Å². The van der Waals surface area contributed by atoms with Gasteiger partial charge in [-0.15, -0.1) is 0 Å². The molecule has 0 radical (unpaired) electrons. The van der Waals surface area contributed by atoms with E-state index in [1.54, 1.807) is 26.0 Å². The number of aliphatic hydroxyl groups excluding tert-OH is 4. The normalized spacial score (nSPS) is 23.8. The fourth-order valence-corrected chi connectivity index (χ4v) is 7.15. The van der Waals surface area contributed by atoms with Gasteiger partial charge < -0.3 is 39.9 Å². The number of benzene rings is 2. The first-order chi connectivity index (χ1) is 22.9. The van der Waals surface area contributed by atoms with Crippen LogP contribution in [0.25, 0.3) is 10.9 Å². The number of ether oxygens (including phenoxy) is 1. The van der Waals surface area contributed by atoms with Gasteiger partial charge in [-0.25, -0.2) is 0 Å². The molecule has 5 rings (SSSR count). The minimum Gasteiger partial charge on any atom is -0.394 e. The number of piperazine rings is 1. The van der Waals surface area contributed by atoms with Crippen LogP contribution in [0, 0.1) is 0 Å². The molecule has 262 valence electrons. The Morgan fingerprint density at radius 2 is 1.67 bits per heavy atom. The van der Waals surface area contributed by atoms with Crippen LogP contribution in [0.1, 0.15) is 62.8 Å². The van der Waals surface area contributed by atoms with Gasteiger partial charge in [0.1, 0.15) is 36.1 Å². The Morgan fingerprint density at radius 1 is 0.979 bits per heavy atom. The number of nitrogens with zero attached hydrogens (tertiary/aromatic N) is 3. The van der Waals surface area contributed by atoms with Gasteiger partial charge >= 0.3 is 0 Å². The average Bonchev–Trinajstić information content (AvgIpc) is 3.43. The van der Waals surface area contributed by atoms with E-state index in [4.69, 9.17) is 16.3 Å². The second-order valence-electron chi connectivity index (χ2n) is 13.6. The minimum atomic E-state index is -1.48. The molecule has 0 unspecified atom stereocenters. The highest BCUT2D eigenvalue weighted by molar-refractivity contribution is 6.35. The van der Waals surface area contributed by atoms with Crippen molar-refractivity contribution in [2.45, 2.75) is 89.1 Å². The van der Waals surface area contributed by atoms with E-state index in [-0.39, 0.29) is 11.8 Å². The number of rotatable bonds is 12. The summed E-state index contributed by atoms with van der Waals surface area (Å²) in [5.74, 6) is -0.180. The molecule has 2 saturated heterocycles. The first kappa shape index (κ1) is 36.3. The Bertz CT molecular complexity index is 1550. The van der Waals surface area contributed by atoms with E-state index in [0.717, 1.165) is 48.1 Å². The van der Waals surface area contributed by atoms with Crippen LogP contribution in [0.5, 0.6) is 0 Å². The van der Waals surface area contributed by atoms with Crippen molar-refractivity contribution in [3.63, 3.8) is 0 Å². The van der Waals surface area contributed by atoms with E-state index in [2.05, 4.69) is 17.1 Å². The lowest BCUT2D eigenvalue weighted by molar-refractivity contribution is -0.231. The molecule has 2 aliphatic heterocycles. The van der Waals surface area contributed by atoms with E-state index >= 15 is 0 Å². The molecule has 3 aromatic rings. The SMILES string of the molecule is CCCN1CCN(C(=O)C(C)(C)NC(=O)CCCc2ccc(Cn3cc([C@@H]4O[C@H](CO)[C@@H](O)[C@H](O)[C@H]4O)c4cccc(Cl)c43)cc2)CC1. The molecule has 12 heteroatoms. The number of aryl methyl sites for hydroxylation is 1. The van der Waals surface area contributed by atoms with Gasteiger partial charge in [-0.1, -0.05) is 54.9 Å². The summed E-state index contributed by atoms with van der Waals surface area (Å²) in [4.78, 5) is 30.2. The molecular formula is C36H49ClN4O7. The van der Waals surface area contributed by atoms with E-state index in [0.29, 0.717) is 49.5 Å². The van der Waals surface area contributed by atoms with Crippen molar-refractivity contribution >= 4 is 34.3 Å². The van der Waals surface area contributed by atoms with Crippen molar-refractivity contribution in [3.8, 4) is 0 Å². The maximum absolute atomic E-state index is 13.2. The zero-order chi connectivity index (χ0) is 34.6. The molecule has 2 fully saturated rings. The van der Waals surface area contributed by atoms with Crippen LogP contribution in [0.15, 0.2) is 48.7 Å². The molecular weight excluding hydrogens is 636 g/mol. The summed E-state index contributed by atoms with van der Waals surface area (Å²) in [6.07, 6.45) is -1.73. The number of para-hydroxylation sites is 1. The second-order valence-corrected chi connectivity index (χ2v) is 14.0. The van der Waals surface area contributed by atoms with Gasteiger partial charge in [0.2, 0.25) is 11.8 Å². The number of carbonyl (C=O) groups excluding carboxylic acids is 2. The molecule has 11 nitrogen and oxygen atoms in total. The average molecular weight is 685 g/mol. The maximum Gasteiger partial charge on any atom is 0.247 e. The van der Waals surface area contributed by atoms with Gasteiger partial charge in [-0.05, 0) is 56.8 Å². The second kappa shape index (κ2) is 15.7. The Hall–Kier alpha value is -3.03. The maximum atomic E-state index is 13.2. The summed E-state index contributed by atoms with van der Waals surface area (Å²) in [5.41, 5.74) is 2.47. The van der Waals surface area contributed by atoms with E-state index in [9.17, 15) is 30.0 Å². The predicted molar refractivity (Wildman–Crippen MR) is 184 cm³/mol. The third-order valence-electron chi connectivity index (χ3n) is 9.51. The van der Waals surface area contributed by atoms with Crippen molar-refractivity contribution in [2.24, 2.45) is 0 Å². The summed E-state index contributed by atoms with van der Waals surface area (Å²) in [5, 5.41) is 45.3. The number of nitrogens with one attached hydrogen (secondary N) is 1. The summed E-state index contributed by atoms with van der Waals surface area (Å²) < 4.78 is 7.82. The Kier molecular flexibility index (Phi) is 11.8. The van der Waals surface area contributed by atoms with Crippen LogP contribution in [0.2, 0.25) is 5.02 Å². The molecule has 5 N–H and O–H groups in total. The summed E-state index contributed by atoms with van der Waals surface area (Å²) in [6.45, 7) is 9.80. The minimum absolute atomic E-state index is 0.0420. The molecule has 5 atom stereocenters. The van der Waals surface area contributed by atoms with Gasteiger partial charge in [-0.2, -0.15) is 0 Å². The molecule has 0 saturated carbocycles. The molecule has 0 bridgehead atoms. The van der Waals surface area contributed by atoms with Crippen molar-refractivity contribution in [3.05, 3.63) is 70.4 Å². The molecule has 2 aromatic carbocycles. The predicted octanol–water partition coefficient (Wildman–Crippen LogP) is 2.63. The first-order valence-corrected chi connectivity index (χ1v) is 17.3. The Morgan fingerprint density at radius 3 is 2.33 bits per heavy atom. The number of hydrogen-bond acceptors (Lipinski definition) is 8. The van der Waals surface area contributed by atoms with Crippen LogP contribution in [-0.4, -0.2) is 116 Å². The highest BCUT2D eigenvalue weighted by atomic mass is 35.5. The summed E-state index contributed by atoms with van der Waals surface area (Å²) in [6, 6.07) is 13.5. The van der Waals surface area contributed by atoms with Crippen LogP contribution in [0.4, 0.5) is 0 Å². The molecule has 48 heavy (non-hydrogen) atoms. The van der Waals surface area contributed by atoms with E-state index < -0.39 is 42.7 Å². The molecule has 2 amide bonds. The molecule has 2 aliphatic rings. The van der Waals surface area contributed by atoms with Gasteiger partial charge in [0.05, 0.1) is 17.1 Å². The zero-order valence-electron chi connectivity index (χ0n) is 28.0. The lowest BCUT2D eigenvalue weighted by Crippen LogP contribution is -2.59. The largest absolute Gasteiger partial charge is 0.394 e. The third kappa shape index (κ3) is 8.05. The van der Waals surface area contributed by atoms with Gasteiger partial charge in [0.15, 0.2) is 0 Å². The summed E-state index contributed by atoms with van der Waals surface area (Å²) >= 11 is 6.64. The lowest BCUT2D eigenvalue weighted by Gasteiger charge is -2.40. The number of fused-ring (bicyclic) bond motifs is 1. The van der Waals surface area contributed by atoms with E-state index in [1.165, 1.54) is 0 Å². The van der Waals surface area contributed by atoms with Crippen LogP contribution in [-0.2, 0) is 27.3 Å². The van der Waals surface area contributed by atoms with Crippen LogP contribution < -0.4 is 5.32 Å². The molecule has 1 aromatic heterocycles. The molecule has 0 spiro atoms. The van der Waals surface area contributed by atoms with Crippen molar-refractivity contribution < 1.29 is 34.8 Å². The number of aromatic nitrogens is 1. The van der Waals surface area contributed by atoms with Gasteiger partial charge in [-0.3, -0.25) is 14.5 Å². The quantitative estimate of drug-likeness (QED) is 0.196. The number of hydrogen-bond donors (Lipinski definition) is 5. The monoisotopic (exact) mass is 684 g/mol. The first-order valence-electron chi connectivity index (χ1n) is 16.9. The summed E-state index contributed by atoms with van der Waals surface area (Å²) in [7, 11) is 0. The Balaban J connectivity index is 1.17. The van der Waals surface area contributed by atoms with Crippen molar-refractivity contribution in [1.82, 2.24) is 19.7 Å². The fourth-order valence-electron chi connectivity index (χ4n) is 6.86. The van der Waals surface area contributed by atoms with E-state index in [1.807, 2.05) is 46.0 Å². The lowest BCUT2D eigenvalue weighted by atomic mass is 9.91. The van der Waals surface area contributed by atoms with Gasteiger partial charge in [0.25, 0.3) is 0 Å². The standard InChI is InChI=1S/C36H49ClN4O7/c1-4-15-39-16-18-40(19-17-39)35(47)36(2,3)38-29(43)10-5-7-23-11-13-24(14-12-23)20-41-21-26(25-8-6-9-27(37)30(25)41)34-33(46)32(45)31(44)28(22-42)48-34/h6,8-9,11-14,21,28,31-34,42,44-46H,4-5,7,10,15-20,22H2,1-3H3,(H,38,43)/t28-,31-,32+,33-,34+/m1/s1. The fraction of sp³-hybridized carbons (Fsp3) is 0.556. The van der Waals surface area contributed by atoms with Crippen molar-refractivity contribution in [2.75, 3.05) is 39.3 Å². The zero-order valence-corrected chi connectivity index (χ0v) is 28.8. The van der Waals surface area contributed by atoms with Crippen molar-refractivity contribution in [1.29, 1.82) is 0 Å². The number of halogens is 1. The highest BCUT2D eigenvalue weighted by Gasteiger charge is 2.45. The van der Waals surface area contributed by atoms with Crippen LogP contribution in [0.3, 0.4) is 0 Å². The number of carbonyl (C=O) groups is 2. The third-order valence-corrected chi connectivity index (χ3v) is 9.81. The highest BCUT2D eigenvalue weighted by Crippen LogP contribution is 2.39. The van der Waals surface area contributed by atoms with Crippen LogP contribution >= 0.6 is 11.6 Å². The topological polar surface area (TPSA) is 148 Å². The Labute approximate surface area is 287 Å². The number of amides is 2. The molecule has 3 heterocycles.